The second kappa shape index (κ2) is 11.4. The van der Waals surface area contributed by atoms with E-state index in [1.165, 1.54) is 10.6 Å². The number of aromatic hydroxyl groups is 1. The van der Waals surface area contributed by atoms with Gasteiger partial charge in [-0.1, -0.05) is 18.1 Å². The number of anilines is 3. The molecular weight excluding hydrogens is 516 g/mol. The Bertz CT molecular complexity index is 1500. The number of piperidine rings is 1. The van der Waals surface area contributed by atoms with E-state index < -0.39 is 10.0 Å². The summed E-state index contributed by atoms with van der Waals surface area (Å²) >= 11 is 0. The van der Waals surface area contributed by atoms with E-state index in [-0.39, 0.29) is 11.7 Å². The van der Waals surface area contributed by atoms with Crippen molar-refractivity contribution in [1.82, 2.24) is 24.5 Å². The van der Waals surface area contributed by atoms with Crippen LogP contribution in [0.4, 0.5) is 17.3 Å². The van der Waals surface area contributed by atoms with Crippen molar-refractivity contribution in [3.63, 3.8) is 0 Å². The summed E-state index contributed by atoms with van der Waals surface area (Å²) in [6, 6.07) is 10.8. The summed E-state index contributed by atoms with van der Waals surface area (Å²) in [5.74, 6) is 8.25. The second-order valence-corrected chi connectivity index (χ2v) is 11.8. The van der Waals surface area contributed by atoms with Crippen LogP contribution in [0, 0.1) is 17.8 Å². The molecule has 2 fully saturated rings. The van der Waals surface area contributed by atoms with Crippen molar-refractivity contribution < 1.29 is 13.5 Å². The lowest BCUT2D eigenvalue weighted by atomic mass is 9.99. The van der Waals surface area contributed by atoms with Gasteiger partial charge < -0.3 is 20.6 Å². The number of phenols is 1. The number of phenolic OH excluding ortho intramolecular Hbond substituents is 1. The second-order valence-electron chi connectivity index (χ2n) is 9.79. The fourth-order valence-electron chi connectivity index (χ4n) is 4.94. The lowest BCUT2D eigenvalue weighted by molar-refractivity contribution is 0.313. The van der Waals surface area contributed by atoms with E-state index in [1.54, 1.807) is 24.4 Å². The summed E-state index contributed by atoms with van der Waals surface area (Å²) in [6.07, 6.45) is 5.28. The SMILES string of the molecule is CS(=O)(=O)N1CCC(C#Cc2nccc(N3CCCN(c4cc(-c5ccccc5O)nnc4N)CC3)n2)CC1. The normalized spacial score (nSPS) is 17.4. The summed E-state index contributed by atoms with van der Waals surface area (Å²) in [6.45, 7) is 4.02. The molecular formula is C27H32N8O3S. The molecule has 3 aromatic rings. The lowest BCUT2D eigenvalue weighted by Gasteiger charge is -2.27. The molecule has 0 saturated carbocycles. The molecule has 0 radical (unpaired) electrons. The Morgan fingerprint density at radius 2 is 1.74 bits per heavy atom. The molecule has 0 aliphatic carbocycles. The van der Waals surface area contributed by atoms with Gasteiger partial charge in [0.25, 0.3) is 0 Å². The van der Waals surface area contributed by atoms with Gasteiger partial charge in [0.1, 0.15) is 11.6 Å². The average molecular weight is 549 g/mol. The summed E-state index contributed by atoms with van der Waals surface area (Å²) < 4.78 is 25.0. The Morgan fingerprint density at radius 1 is 1.00 bits per heavy atom. The largest absolute Gasteiger partial charge is 0.507 e. The third-order valence-electron chi connectivity index (χ3n) is 7.09. The van der Waals surface area contributed by atoms with Gasteiger partial charge in [-0.15, -0.1) is 10.2 Å². The zero-order valence-corrected chi connectivity index (χ0v) is 22.7. The first-order valence-corrected chi connectivity index (χ1v) is 14.8. The standard InChI is InChI=1S/C27H32N8O3S/c1-39(37,38)35-15-10-20(11-16-35)7-8-25-29-12-9-26(30-25)34-14-4-13-33(17-18-34)23-19-22(31-32-27(23)28)21-5-2-3-6-24(21)36/h2-3,5-6,9,12,19-20,36H,4,10-11,13-18H2,1H3,(H2,28,32). The molecule has 0 bridgehead atoms. The van der Waals surface area contributed by atoms with Crippen molar-refractivity contribution >= 4 is 27.3 Å². The molecule has 11 nitrogen and oxygen atoms in total. The van der Waals surface area contributed by atoms with E-state index in [1.807, 2.05) is 18.2 Å². The highest BCUT2D eigenvalue weighted by Gasteiger charge is 2.24. The van der Waals surface area contributed by atoms with Crippen LogP contribution >= 0.6 is 0 Å². The smallest absolute Gasteiger partial charge is 0.211 e. The van der Waals surface area contributed by atoms with Crippen LogP contribution in [-0.4, -0.2) is 83.5 Å². The third kappa shape index (κ3) is 6.38. The molecule has 2 aliphatic rings. The van der Waals surface area contributed by atoms with Crippen LogP contribution in [0.15, 0.2) is 42.6 Å². The van der Waals surface area contributed by atoms with Crippen LogP contribution in [0.2, 0.25) is 0 Å². The summed E-state index contributed by atoms with van der Waals surface area (Å²) in [4.78, 5) is 13.4. The predicted molar refractivity (Wildman–Crippen MR) is 151 cm³/mol. The lowest BCUT2D eigenvalue weighted by Crippen LogP contribution is -2.37. The van der Waals surface area contributed by atoms with Gasteiger partial charge in [0, 0.05) is 56.9 Å². The van der Waals surface area contributed by atoms with Gasteiger partial charge in [-0.05, 0) is 49.4 Å². The van der Waals surface area contributed by atoms with Gasteiger partial charge in [0.05, 0.1) is 17.6 Å². The molecule has 3 N–H and O–H groups in total. The Kier molecular flexibility index (Phi) is 7.81. The first-order valence-electron chi connectivity index (χ1n) is 13.0. The molecule has 0 atom stereocenters. The Labute approximate surface area is 228 Å². The molecule has 39 heavy (non-hydrogen) atoms. The molecule has 0 amide bonds. The van der Waals surface area contributed by atoms with Crippen LogP contribution in [0.5, 0.6) is 5.75 Å². The molecule has 1 aromatic carbocycles. The van der Waals surface area contributed by atoms with Crippen LogP contribution < -0.4 is 15.5 Å². The third-order valence-corrected chi connectivity index (χ3v) is 8.40. The minimum Gasteiger partial charge on any atom is -0.507 e. The van der Waals surface area contributed by atoms with Gasteiger partial charge >= 0.3 is 0 Å². The molecule has 12 heteroatoms. The molecule has 2 saturated heterocycles. The Hall–Kier alpha value is -3.95. The van der Waals surface area contributed by atoms with E-state index in [9.17, 15) is 13.5 Å². The van der Waals surface area contributed by atoms with Crippen LogP contribution in [0.1, 0.15) is 25.1 Å². The highest BCUT2D eigenvalue weighted by molar-refractivity contribution is 7.88. The van der Waals surface area contributed by atoms with E-state index >= 15 is 0 Å². The maximum Gasteiger partial charge on any atom is 0.211 e. The highest BCUT2D eigenvalue weighted by atomic mass is 32.2. The monoisotopic (exact) mass is 548 g/mol. The number of rotatable bonds is 4. The van der Waals surface area contributed by atoms with Crippen molar-refractivity contribution in [2.24, 2.45) is 5.92 Å². The maximum atomic E-state index is 11.7. The van der Waals surface area contributed by atoms with E-state index in [0.717, 1.165) is 37.6 Å². The molecule has 4 heterocycles. The molecule has 2 aliphatic heterocycles. The quantitative estimate of drug-likeness (QED) is 0.465. The minimum atomic E-state index is -3.15. The number of hydrogen-bond acceptors (Lipinski definition) is 10. The van der Waals surface area contributed by atoms with Gasteiger partial charge in [-0.3, -0.25) is 0 Å². The number of hydrogen-bond donors (Lipinski definition) is 2. The number of sulfonamides is 1. The highest BCUT2D eigenvalue weighted by Crippen LogP contribution is 2.32. The fraction of sp³-hybridized carbons (Fsp3) is 0.407. The maximum absolute atomic E-state index is 11.7. The first kappa shape index (κ1) is 26.6. The van der Waals surface area contributed by atoms with Gasteiger partial charge in [-0.25, -0.2) is 22.7 Å². The van der Waals surface area contributed by atoms with Gasteiger partial charge in [-0.2, -0.15) is 0 Å². The van der Waals surface area contributed by atoms with Crippen molar-refractivity contribution in [1.29, 1.82) is 0 Å². The van der Waals surface area contributed by atoms with Crippen LogP contribution in [-0.2, 0) is 10.0 Å². The zero-order valence-electron chi connectivity index (χ0n) is 21.9. The molecule has 0 unspecified atom stereocenters. The average Bonchev–Trinajstić information content (AvgIpc) is 3.19. The minimum absolute atomic E-state index is 0.129. The van der Waals surface area contributed by atoms with E-state index in [4.69, 9.17) is 10.7 Å². The topological polar surface area (TPSA) is 142 Å². The summed E-state index contributed by atoms with van der Waals surface area (Å²) in [5, 5.41) is 18.6. The van der Waals surface area contributed by atoms with Crippen molar-refractivity contribution in [2.75, 3.05) is 61.1 Å². The van der Waals surface area contributed by atoms with Crippen LogP contribution in [0.3, 0.4) is 0 Å². The van der Waals surface area contributed by atoms with Crippen molar-refractivity contribution in [3.8, 4) is 28.8 Å². The van der Waals surface area contributed by atoms with E-state index in [2.05, 4.69) is 36.8 Å². The molecule has 2 aromatic heterocycles. The zero-order chi connectivity index (χ0) is 27.4. The summed E-state index contributed by atoms with van der Waals surface area (Å²) in [7, 11) is -3.15. The van der Waals surface area contributed by atoms with Crippen LogP contribution in [0.25, 0.3) is 11.3 Å². The van der Waals surface area contributed by atoms with E-state index in [0.29, 0.717) is 55.4 Å². The number of benzene rings is 1. The number of nitrogens with zero attached hydrogens (tertiary/aromatic N) is 7. The summed E-state index contributed by atoms with van der Waals surface area (Å²) in [5.41, 5.74) is 8.19. The number of nitrogens with two attached hydrogens (primary N) is 1. The number of aromatic nitrogens is 4. The van der Waals surface area contributed by atoms with Gasteiger partial charge in [0.2, 0.25) is 15.8 Å². The predicted octanol–water partition coefficient (Wildman–Crippen LogP) is 1.96. The van der Waals surface area contributed by atoms with Crippen molar-refractivity contribution in [3.05, 3.63) is 48.4 Å². The molecule has 0 spiro atoms. The number of nitrogen functional groups attached to an aromatic ring is 1. The first-order chi connectivity index (χ1) is 18.8. The molecule has 5 rings (SSSR count). The Morgan fingerprint density at radius 3 is 2.51 bits per heavy atom. The Balaban J connectivity index is 1.25. The number of para-hydroxylation sites is 1. The molecule has 204 valence electrons. The van der Waals surface area contributed by atoms with Gasteiger partial charge in [0.15, 0.2) is 5.82 Å². The fourth-order valence-corrected chi connectivity index (χ4v) is 5.81. The van der Waals surface area contributed by atoms with Crippen molar-refractivity contribution in [2.45, 2.75) is 19.3 Å².